The summed E-state index contributed by atoms with van der Waals surface area (Å²) >= 11 is 0. The normalized spacial score (nSPS) is 31.7. The highest BCUT2D eigenvalue weighted by molar-refractivity contribution is 5.81. The smallest absolute Gasteiger partial charge is 0.239 e. The first-order chi connectivity index (χ1) is 8.43. The van der Waals surface area contributed by atoms with Crippen molar-refractivity contribution in [2.45, 2.75) is 52.2 Å². The minimum Gasteiger partial charge on any atom is -0.376 e. The van der Waals surface area contributed by atoms with E-state index in [1.807, 2.05) is 6.92 Å². The van der Waals surface area contributed by atoms with Gasteiger partial charge in [0, 0.05) is 13.7 Å². The van der Waals surface area contributed by atoms with Crippen LogP contribution < -0.4 is 11.1 Å². The maximum atomic E-state index is 11.4. The molecule has 0 radical (unpaired) electrons. The largest absolute Gasteiger partial charge is 0.376 e. The van der Waals surface area contributed by atoms with E-state index < -0.39 is 6.04 Å². The maximum Gasteiger partial charge on any atom is 0.239 e. The Morgan fingerprint density at radius 2 is 1.89 bits per heavy atom. The summed E-state index contributed by atoms with van der Waals surface area (Å²) in [6, 6.07) is -0.576. The van der Waals surface area contributed by atoms with Crippen LogP contribution in [0.4, 0.5) is 0 Å². The molecule has 0 aliphatic heterocycles. The number of amides is 1. The molecule has 5 atom stereocenters. The third-order valence-electron chi connectivity index (χ3n) is 3.93. The number of carbonyl (C=O) groups excluding carboxylic acids is 1. The third-order valence-corrected chi connectivity index (χ3v) is 3.93. The van der Waals surface area contributed by atoms with E-state index in [9.17, 15) is 4.79 Å². The summed E-state index contributed by atoms with van der Waals surface area (Å²) in [5.74, 6) is 2.02. The molecule has 4 nitrogen and oxygen atoms in total. The first-order valence-corrected chi connectivity index (χ1v) is 7.02. The van der Waals surface area contributed by atoms with Crippen LogP contribution in [0.3, 0.4) is 0 Å². The van der Waals surface area contributed by atoms with Crippen LogP contribution in [0.2, 0.25) is 0 Å². The zero-order valence-corrected chi connectivity index (χ0v) is 12.1. The van der Waals surface area contributed by atoms with E-state index in [0.29, 0.717) is 5.92 Å². The molecule has 18 heavy (non-hydrogen) atoms. The molecule has 0 aromatic rings. The fourth-order valence-corrected chi connectivity index (χ4v) is 3.02. The van der Waals surface area contributed by atoms with E-state index >= 15 is 0 Å². The van der Waals surface area contributed by atoms with Gasteiger partial charge in [-0.3, -0.25) is 4.79 Å². The van der Waals surface area contributed by atoms with Crippen molar-refractivity contribution in [1.82, 2.24) is 5.32 Å². The summed E-state index contributed by atoms with van der Waals surface area (Å²) in [5, 5.41) is 2.55. The van der Waals surface area contributed by atoms with Gasteiger partial charge in [-0.15, -0.1) is 0 Å². The van der Waals surface area contributed by atoms with Gasteiger partial charge in [0.25, 0.3) is 0 Å². The predicted octanol–water partition coefficient (Wildman–Crippen LogP) is 1.54. The monoisotopic (exact) mass is 256 g/mol. The van der Waals surface area contributed by atoms with E-state index in [2.05, 4.69) is 19.2 Å². The predicted molar refractivity (Wildman–Crippen MR) is 73.1 cm³/mol. The molecule has 1 saturated carbocycles. The van der Waals surface area contributed by atoms with Crippen LogP contribution >= 0.6 is 0 Å². The molecule has 0 bridgehead atoms. The second kappa shape index (κ2) is 7.10. The lowest BCUT2D eigenvalue weighted by Gasteiger charge is -2.32. The molecule has 4 heteroatoms. The van der Waals surface area contributed by atoms with Crippen molar-refractivity contribution in [3.05, 3.63) is 0 Å². The number of hydrogen-bond acceptors (Lipinski definition) is 3. The summed E-state index contributed by atoms with van der Waals surface area (Å²) < 4.78 is 5.78. The first kappa shape index (κ1) is 15.4. The molecule has 1 unspecified atom stereocenters. The van der Waals surface area contributed by atoms with Crippen molar-refractivity contribution < 1.29 is 9.53 Å². The zero-order valence-electron chi connectivity index (χ0n) is 12.1. The molecule has 0 aromatic heterocycles. The van der Waals surface area contributed by atoms with Crippen molar-refractivity contribution >= 4 is 5.91 Å². The van der Waals surface area contributed by atoms with Gasteiger partial charge in [0.1, 0.15) is 6.04 Å². The van der Waals surface area contributed by atoms with Crippen LogP contribution in [0, 0.1) is 17.8 Å². The minimum atomic E-state index is -0.576. The minimum absolute atomic E-state index is 0.159. The van der Waals surface area contributed by atoms with Gasteiger partial charge >= 0.3 is 0 Å². The molecular formula is C14H28N2O2. The average molecular weight is 256 g/mol. The lowest BCUT2D eigenvalue weighted by Crippen LogP contribution is -2.47. The Labute approximate surface area is 111 Å². The van der Waals surface area contributed by atoms with Crippen LogP contribution in [-0.2, 0) is 9.53 Å². The summed E-state index contributed by atoms with van der Waals surface area (Å²) in [6.45, 7) is 7.21. The second-order valence-corrected chi connectivity index (χ2v) is 5.96. The van der Waals surface area contributed by atoms with Gasteiger partial charge in [0.15, 0.2) is 0 Å². The Kier molecular flexibility index (Phi) is 6.09. The van der Waals surface area contributed by atoms with Gasteiger partial charge < -0.3 is 15.8 Å². The van der Waals surface area contributed by atoms with Crippen LogP contribution in [0.25, 0.3) is 0 Å². The maximum absolute atomic E-state index is 11.4. The zero-order chi connectivity index (χ0) is 13.7. The number of nitrogens with one attached hydrogen (secondary N) is 1. The van der Waals surface area contributed by atoms with Crippen molar-refractivity contribution in [2.24, 2.45) is 23.5 Å². The van der Waals surface area contributed by atoms with Gasteiger partial charge in [-0.05, 0) is 43.9 Å². The number of ether oxygens (including phenoxy) is 1. The number of nitrogens with two attached hydrogens (primary N) is 1. The highest BCUT2D eigenvalue weighted by atomic mass is 16.5. The highest BCUT2D eigenvalue weighted by Crippen LogP contribution is 2.33. The lowest BCUT2D eigenvalue weighted by atomic mass is 9.77. The van der Waals surface area contributed by atoms with Crippen molar-refractivity contribution in [3.63, 3.8) is 0 Å². The summed E-state index contributed by atoms with van der Waals surface area (Å²) in [5.41, 5.74) is 5.80. The number of carbonyl (C=O) groups is 1. The molecule has 1 amide bonds. The Hall–Kier alpha value is -0.610. The van der Waals surface area contributed by atoms with Crippen LogP contribution in [0.15, 0.2) is 0 Å². The van der Waals surface area contributed by atoms with Crippen LogP contribution in [0.1, 0.15) is 40.0 Å². The lowest BCUT2D eigenvalue weighted by molar-refractivity contribution is -0.125. The molecule has 1 rings (SSSR count). The van der Waals surface area contributed by atoms with Gasteiger partial charge in [0.2, 0.25) is 5.91 Å². The third kappa shape index (κ3) is 4.58. The van der Waals surface area contributed by atoms with E-state index in [-0.39, 0.29) is 12.0 Å². The molecule has 1 aliphatic carbocycles. The van der Waals surface area contributed by atoms with Gasteiger partial charge in [-0.1, -0.05) is 13.8 Å². The van der Waals surface area contributed by atoms with Crippen molar-refractivity contribution in [2.75, 3.05) is 13.7 Å². The molecule has 0 saturated heterocycles. The molecule has 1 fully saturated rings. The van der Waals surface area contributed by atoms with E-state index in [0.717, 1.165) is 18.4 Å². The molecular weight excluding hydrogens is 228 g/mol. The quantitative estimate of drug-likeness (QED) is 0.784. The van der Waals surface area contributed by atoms with Crippen molar-refractivity contribution in [1.29, 1.82) is 0 Å². The Morgan fingerprint density at radius 1 is 1.33 bits per heavy atom. The molecule has 0 spiro atoms. The fourth-order valence-electron chi connectivity index (χ4n) is 3.02. The highest BCUT2D eigenvalue weighted by Gasteiger charge is 2.26. The molecule has 3 N–H and O–H groups in total. The molecule has 106 valence electrons. The second-order valence-electron chi connectivity index (χ2n) is 5.96. The van der Waals surface area contributed by atoms with Gasteiger partial charge in [-0.2, -0.15) is 0 Å². The molecule has 0 aromatic carbocycles. The Balaban J connectivity index is 2.33. The molecule has 0 heterocycles. The topological polar surface area (TPSA) is 64.4 Å². The van der Waals surface area contributed by atoms with Crippen molar-refractivity contribution in [3.8, 4) is 0 Å². The Morgan fingerprint density at radius 3 is 2.39 bits per heavy atom. The Bertz CT molecular complexity index is 261. The van der Waals surface area contributed by atoms with Gasteiger partial charge in [-0.25, -0.2) is 0 Å². The number of likely N-dealkylation sites (N-methyl/N-ethyl adjacent to an activating group) is 1. The number of rotatable bonds is 5. The van der Waals surface area contributed by atoms with E-state index in [1.54, 1.807) is 7.05 Å². The SMILES string of the molecule is CNC(=O)[C@@H](N)[C@@H](C)OCC1C[C@@H](C)C[C@@H](C)C1. The van der Waals surface area contributed by atoms with E-state index in [1.165, 1.54) is 19.3 Å². The summed E-state index contributed by atoms with van der Waals surface area (Å²) in [6.07, 6.45) is 3.56. The average Bonchev–Trinajstić information content (AvgIpc) is 2.32. The molecule has 1 aliphatic rings. The van der Waals surface area contributed by atoms with Gasteiger partial charge in [0.05, 0.1) is 6.10 Å². The first-order valence-electron chi connectivity index (χ1n) is 7.02. The fraction of sp³-hybridized carbons (Fsp3) is 0.929. The summed E-state index contributed by atoms with van der Waals surface area (Å²) in [4.78, 5) is 11.4. The number of hydrogen-bond donors (Lipinski definition) is 2. The van der Waals surface area contributed by atoms with Crippen LogP contribution in [0.5, 0.6) is 0 Å². The van der Waals surface area contributed by atoms with E-state index in [4.69, 9.17) is 10.5 Å². The van der Waals surface area contributed by atoms with Crippen LogP contribution in [-0.4, -0.2) is 31.7 Å². The summed E-state index contributed by atoms with van der Waals surface area (Å²) in [7, 11) is 1.60. The standard InChI is InChI=1S/C14H28N2O2/c1-9-5-10(2)7-12(6-9)8-18-11(3)13(15)14(17)16-4/h9-13H,5-8,15H2,1-4H3,(H,16,17)/t9-,10+,11-,12?,13+/m1/s1.